The third kappa shape index (κ3) is 4.43. The van der Waals surface area contributed by atoms with Crippen LogP contribution >= 0.6 is 15.9 Å². The van der Waals surface area contributed by atoms with Crippen LogP contribution in [0.1, 0.15) is 29.3 Å². The Kier molecular flexibility index (Phi) is 5.57. The second-order valence-electron chi connectivity index (χ2n) is 5.10. The van der Waals surface area contributed by atoms with Crippen molar-refractivity contribution in [2.45, 2.75) is 20.3 Å². The molecular formula is C18H20BrNO. The molecule has 0 N–H and O–H groups in total. The number of rotatable bonds is 6. The Morgan fingerprint density at radius 1 is 1.14 bits per heavy atom. The van der Waals surface area contributed by atoms with Crippen LogP contribution in [0.2, 0.25) is 0 Å². The standard InChI is InChI=1S/C18H20BrNO/c1-3-20(17-6-4-5-14(2)13-17)12-11-18(21)15-7-9-16(19)10-8-15/h4-10,13H,3,11-12H2,1-2H3. The molecule has 0 heterocycles. The van der Waals surface area contributed by atoms with Crippen molar-refractivity contribution in [2.75, 3.05) is 18.0 Å². The van der Waals surface area contributed by atoms with E-state index in [9.17, 15) is 4.79 Å². The van der Waals surface area contributed by atoms with Crippen molar-refractivity contribution in [3.05, 3.63) is 64.1 Å². The average Bonchev–Trinajstić information content (AvgIpc) is 2.48. The fourth-order valence-electron chi connectivity index (χ4n) is 2.31. The van der Waals surface area contributed by atoms with Gasteiger partial charge in [0.1, 0.15) is 0 Å². The molecule has 110 valence electrons. The summed E-state index contributed by atoms with van der Waals surface area (Å²) in [5.41, 5.74) is 3.20. The zero-order valence-corrected chi connectivity index (χ0v) is 14.1. The number of hydrogen-bond acceptors (Lipinski definition) is 2. The molecule has 0 amide bonds. The van der Waals surface area contributed by atoms with E-state index in [-0.39, 0.29) is 5.78 Å². The van der Waals surface area contributed by atoms with Crippen LogP contribution in [0.3, 0.4) is 0 Å². The molecular weight excluding hydrogens is 326 g/mol. The minimum Gasteiger partial charge on any atom is -0.371 e. The molecule has 0 saturated heterocycles. The third-order valence-corrected chi connectivity index (χ3v) is 4.05. The molecule has 0 aromatic heterocycles. The largest absolute Gasteiger partial charge is 0.371 e. The van der Waals surface area contributed by atoms with Crippen molar-refractivity contribution in [3.8, 4) is 0 Å². The van der Waals surface area contributed by atoms with Crippen LogP contribution in [0, 0.1) is 6.92 Å². The van der Waals surface area contributed by atoms with Crippen molar-refractivity contribution >= 4 is 27.4 Å². The first-order valence-electron chi connectivity index (χ1n) is 7.20. The lowest BCUT2D eigenvalue weighted by Gasteiger charge is -2.23. The Morgan fingerprint density at radius 2 is 1.86 bits per heavy atom. The van der Waals surface area contributed by atoms with Gasteiger partial charge in [0.25, 0.3) is 0 Å². The highest BCUT2D eigenvalue weighted by Gasteiger charge is 2.10. The highest BCUT2D eigenvalue weighted by molar-refractivity contribution is 9.10. The molecule has 2 aromatic carbocycles. The Balaban J connectivity index is 2.00. The first kappa shape index (κ1) is 15.8. The predicted octanol–water partition coefficient (Wildman–Crippen LogP) is 4.86. The van der Waals surface area contributed by atoms with Crippen LogP contribution in [-0.2, 0) is 0 Å². The Morgan fingerprint density at radius 3 is 2.48 bits per heavy atom. The van der Waals surface area contributed by atoms with Gasteiger partial charge in [-0.15, -0.1) is 0 Å². The summed E-state index contributed by atoms with van der Waals surface area (Å²) in [5.74, 6) is 0.189. The number of benzene rings is 2. The minimum absolute atomic E-state index is 0.189. The molecule has 0 atom stereocenters. The molecule has 2 nitrogen and oxygen atoms in total. The maximum atomic E-state index is 12.2. The number of carbonyl (C=O) groups excluding carboxylic acids is 1. The molecule has 0 spiro atoms. The van der Waals surface area contributed by atoms with E-state index >= 15 is 0 Å². The van der Waals surface area contributed by atoms with Gasteiger partial charge in [-0.25, -0.2) is 0 Å². The zero-order valence-electron chi connectivity index (χ0n) is 12.5. The summed E-state index contributed by atoms with van der Waals surface area (Å²) < 4.78 is 0.994. The van der Waals surface area contributed by atoms with Crippen molar-refractivity contribution in [3.63, 3.8) is 0 Å². The lowest BCUT2D eigenvalue weighted by atomic mass is 10.1. The van der Waals surface area contributed by atoms with Gasteiger partial charge >= 0.3 is 0 Å². The first-order chi connectivity index (χ1) is 10.1. The molecule has 0 aliphatic rings. The Hall–Kier alpha value is -1.61. The quantitative estimate of drug-likeness (QED) is 0.697. The number of Topliss-reactive ketones (excluding diaryl/α,β-unsaturated/α-hetero) is 1. The summed E-state index contributed by atoms with van der Waals surface area (Å²) in [4.78, 5) is 14.5. The van der Waals surface area contributed by atoms with Crippen LogP contribution in [0.15, 0.2) is 53.0 Å². The van der Waals surface area contributed by atoms with E-state index in [4.69, 9.17) is 0 Å². The maximum absolute atomic E-state index is 12.2. The highest BCUT2D eigenvalue weighted by atomic mass is 79.9. The smallest absolute Gasteiger partial charge is 0.164 e. The monoisotopic (exact) mass is 345 g/mol. The van der Waals surface area contributed by atoms with Gasteiger partial charge in [-0.3, -0.25) is 4.79 Å². The number of carbonyl (C=O) groups is 1. The fraction of sp³-hybridized carbons (Fsp3) is 0.278. The van der Waals surface area contributed by atoms with Gasteiger partial charge in [0, 0.05) is 35.2 Å². The number of nitrogens with zero attached hydrogens (tertiary/aromatic N) is 1. The van der Waals surface area contributed by atoms with Crippen LogP contribution in [0.4, 0.5) is 5.69 Å². The van der Waals surface area contributed by atoms with Gasteiger partial charge in [-0.2, -0.15) is 0 Å². The number of anilines is 1. The lowest BCUT2D eigenvalue weighted by Crippen LogP contribution is -2.25. The summed E-state index contributed by atoms with van der Waals surface area (Å²) in [6.45, 7) is 5.85. The molecule has 0 bridgehead atoms. The topological polar surface area (TPSA) is 20.3 Å². The summed E-state index contributed by atoms with van der Waals surface area (Å²) in [7, 11) is 0. The number of aryl methyl sites for hydroxylation is 1. The van der Waals surface area contributed by atoms with Crippen molar-refractivity contribution in [2.24, 2.45) is 0 Å². The molecule has 0 fully saturated rings. The Bertz CT molecular complexity index is 607. The van der Waals surface area contributed by atoms with Crippen molar-refractivity contribution in [1.82, 2.24) is 0 Å². The summed E-state index contributed by atoms with van der Waals surface area (Å²) in [5, 5.41) is 0. The zero-order chi connectivity index (χ0) is 15.2. The van der Waals surface area contributed by atoms with E-state index in [1.807, 2.05) is 24.3 Å². The molecule has 21 heavy (non-hydrogen) atoms. The molecule has 0 radical (unpaired) electrons. The normalized spacial score (nSPS) is 10.4. The fourth-order valence-corrected chi connectivity index (χ4v) is 2.58. The molecule has 0 unspecified atom stereocenters. The second-order valence-corrected chi connectivity index (χ2v) is 6.01. The van der Waals surface area contributed by atoms with Crippen LogP contribution < -0.4 is 4.90 Å². The Labute approximate surface area is 134 Å². The molecule has 2 rings (SSSR count). The molecule has 3 heteroatoms. The maximum Gasteiger partial charge on any atom is 0.164 e. The van der Waals surface area contributed by atoms with Gasteiger partial charge in [-0.05, 0) is 43.7 Å². The second kappa shape index (κ2) is 7.41. The summed E-state index contributed by atoms with van der Waals surface area (Å²) in [6.07, 6.45) is 0.531. The van der Waals surface area contributed by atoms with Gasteiger partial charge in [0.05, 0.1) is 0 Å². The lowest BCUT2D eigenvalue weighted by molar-refractivity contribution is 0.0984. The summed E-state index contributed by atoms with van der Waals surface area (Å²) >= 11 is 3.39. The van der Waals surface area contributed by atoms with E-state index in [1.165, 1.54) is 11.3 Å². The van der Waals surface area contributed by atoms with Crippen molar-refractivity contribution < 1.29 is 4.79 Å². The van der Waals surface area contributed by atoms with Gasteiger partial charge in [0.2, 0.25) is 0 Å². The number of hydrogen-bond donors (Lipinski definition) is 0. The molecule has 0 saturated carbocycles. The van der Waals surface area contributed by atoms with Gasteiger partial charge < -0.3 is 4.90 Å². The highest BCUT2D eigenvalue weighted by Crippen LogP contribution is 2.17. The molecule has 0 aliphatic heterocycles. The first-order valence-corrected chi connectivity index (χ1v) is 8.00. The number of ketones is 1. The van der Waals surface area contributed by atoms with E-state index in [0.717, 1.165) is 23.1 Å². The van der Waals surface area contributed by atoms with Crippen LogP contribution in [-0.4, -0.2) is 18.9 Å². The third-order valence-electron chi connectivity index (χ3n) is 3.52. The molecule has 2 aromatic rings. The SMILES string of the molecule is CCN(CCC(=O)c1ccc(Br)cc1)c1cccc(C)c1. The number of halogens is 1. The summed E-state index contributed by atoms with van der Waals surface area (Å²) in [6, 6.07) is 16.0. The van der Waals surface area contributed by atoms with E-state index in [0.29, 0.717) is 6.42 Å². The van der Waals surface area contributed by atoms with E-state index < -0.39 is 0 Å². The predicted molar refractivity (Wildman–Crippen MR) is 92.2 cm³/mol. The minimum atomic E-state index is 0.189. The van der Waals surface area contributed by atoms with E-state index in [1.54, 1.807) is 0 Å². The van der Waals surface area contributed by atoms with Gasteiger partial charge in [-0.1, -0.05) is 40.2 Å². The average molecular weight is 346 g/mol. The van der Waals surface area contributed by atoms with Crippen molar-refractivity contribution in [1.29, 1.82) is 0 Å². The van der Waals surface area contributed by atoms with Crippen LogP contribution in [0.5, 0.6) is 0 Å². The van der Waals surface area contributed by atoms with E-state index in [2.05, 4.69) is 58.9 Å². The van der Waals surface area contributed by atoms with Crippen LogP contribution in [0.25, 0.3) is 0 Å². The molecule has 0 aliphatic carbocycles. The van der Waals surface area contributed by atoms with Gasteiger partial charge in [0.15, 0.2) is 5.78 Å².